The Hall–Kier alpha value is -4.67. The molecule has 0 saturated carbocycles. The van der Waals surface area contributed by atoms with E-state index in [0.29, 0.717) is 24.0 Å². The van der Waals surface area contributed by atoms with Crippen LogP contribution in [0, 0.1) is 0 Å². The number of ether oxygens (including phenoxy) is 1. The summed E-state index contributed by atoms with van der Waals surface area (Å²) >= 11 is 0. The second kappa shape index (κ2) is 10.5. The maximum atomic E-state index is 12.4. The molecule has 4 aromatic rings. The van der Waals surface area contributed by atoms with Crippen LogP contribution in [-0.4, -0.2) is 46.2 Å². The molecule has 1 saturated heterocycles. The van der Waals surface area contributed by atoms with Crippen molar-refractivity contribution in [1.29, 1.82) is 0 Å². The van der Waals surface area contributed by atoms with Gasteiger partial charge in [0.2, 0.25) is 0 Å². The number of cyclic esters (lactones) is 1. The normalized spacial score (nSPS) is 15.2. The molecule has 11 heteroatoms. The molecule has 2 N–H and O–H groups in total. The van der Waals surface area contributed by atoms with Crippen molar-refractivity contribution < 1.29 is 32.6 Å². The topological polar surface area (TPSA) is 113 Å². The molecule has 1 atom stereocenters. The number of H-pyrrole nitrogens is 1. The molecule has 190 valence electrons. The predicted octanol–water partition coefficient (Wildman–Crippen LogP) is 4.79. The average Bonchev–Trinajstić information content (AvgIpc) is 3.25. The van der Waals surface area contributed by atoms with Gasteiger partial charge in [-0.3, -0.25) is 9.69 Å². The molecule has 1 unspecified atom stereocenters. The number of benzene rings is 3. The Morgan fingerprint density at radius 2 is 1.57 bits per heavy atom. The summed E-state index contributed by atoms with van der Waals surface area (Å²) in [6, 6.07) is 24.9. The van der Waals surface area contributed by atoms with Gasteiger partial charge in [-0.25, -0.2) is 14.7 Å². The third kappa shape index (κ3) is 5.95. The second-order valence-electron chi connectivity index (χ2n) is 8.10. The number of carboxylic acids is 1. The minimum atomic E-state index is -5.08. The van der Waals surface area contributed by atoms with Gasteiger partial charge in [0.1, 0.15) is 6.10 Å². The van der Waals surface area contributed by atoms with Gasteiger partial charge in [-0.05, 0) is 23.8 Å². The van der Waals surface area contributed by atoms with Crippen molar-refractivity contribution in [2.75, 3.05) is 11.4 Å². The minimum absolute atomic E-state index is 0.176. The Labute approximate surface area is 207 Å². The highest BCUT2D eigenvalue weighted by Crippen LogP contribution is 2.28. The van der Waals surface area contributed by atoms with E-state index in [-0.39, 0.29) is 17.8 Å². The number of carbonyl (C=O) groups excluding carboxylic acids is 1. The van der Waals surface area contributed by atoms with E-state index in [4.69, 9.17) is 14.6 Å². The quantitative estimate of drug-likeness (QED) is 0.407. The van der Waals surface area contributed by atoms with Crippen molar-refractivity contribution >= 4 is 28.5 Å². The van der Waals surface area contributed by atoms with Crippen molar-refractivity contribution in [2.45, 2.75) is 18.7 Å². The average molecular weight is 511 g/mol. The first kappa shape index (κ1) is 25.4. The summed E-state index contributed by atoms with van der Waals surface area (Å²) in [5.74, 6) is -2.76. The van der Waals surface area contributed by atoms with Gasteiger partial charge in [0, 0.05) is 23.1 Å². The molecule has 0 aliphatic carbocycles. The van der Waals surface area contributed by atoms with Crippen LogP contribution in [0.15, 0.2) is 83.7 Å². The van der Waals surface area contributed by atoms with Gasteiger partial charge in [-0.15, -0.1) is 0 Å². The number of aromatic nitrogens is 2. The van der Waals surface area contributed by atoms with Crippen molar-refractivity contribution in [1.82, 2.24) is 10.2 Å². The number of anilines is 1. The third-order valence-corrected chi connectivity index (χ3v) is 5.57. The monoisotopic (exact) mass is 511 g/mol. The molecule has 0 bridgehead atoms. The lowest BCUT2D eigenvalue weighted by Gasteiger charge is -2.14. The van der Waals surface area contributed by atoms with Gasteiger partial charge in [0.25, 0.3) is 5.56 Å². The Balaban J connectivity index is 0.000000405. The predicted molar refractivity (Wildman–Crippen MR) is 129 cm³/mol. The maximum Gasteiger partial charge on any atom is 0.490 e. The molecule has 5 rings (SSSR count). The molecule has 1 fully saturated rings. The SMILES string of the molecule is O=C(O)C(F)(F)F.O=C1OC(Cc2ccccc2)CN1c1ccc(-c2n[nH]c(=O)c3ccccc23)cc1. The Bertz CT molecular complexity index is 1470. The fourth-order valence-electron chi connectivity index (χ4n) is 3.85. The van der Waals surface area contributed by atoms with Gasteiger partial charge < -0.3 is 9.84 Å². The maximum absolute atomic E-state index is 12.4. The number of hydrogen-bond donors (Lipinski definition) is 2. The highest BCUT2D eigenvalue weighted by molar-refractivity contribution is 5.94. The summed E-state index contributed by atoms with van der Waals surface area (Å²) in [5, 5.41) is 15.3. The standard InChI is InChI=1S/C24H19N3O3.C2HF3O2/c28-23-21-9-5-4-8-20(21)22(25-26-23)17-10-12-18(13-11-17)27-15-19(30-24(27)29)14-16-6-2-1-3-7-16;3-2(4,5)1(6)7/h1-13,19H,14-15H2,(H,26,28);(H,6,7). The van der Waals surface area contributed by atoms with E-state index in [9.17, 15) is 22.8 Å². The highest BCUT2D eigenvalue weighted by Gasteiger charge is 2.38. The summed E-state index contributed by atoms with van der Waals surface area (Å²) < 4.78 is 37.3. The number of hydrogen-bond acceptors (Lipinski definition) is 5. The van der Waals surface area contributed by atoms with Crippen molar-refractivity contribution in [3.63, 3.8) is 0 Å². The fraction of sp³-hybridized carbons (Fsp3) is 0.154. The first-order valence-corrected chi connectivity index (χ1v) is 11.0. The van der Waals surface area contributed by atoms with Gasteiger partial charge >= 0.3 is 18.2 Å². The highest BCUT2D eigenvalue weighted by atomic mass is 19.4. The lowest BCUT2D eigenvalue weighted by molar-refractivity contribution is -0.192. The summed E-state index contributed by atoms with van der Waals surface area (Å²) in [4.78, 5) is 35.0. The number of nitrogens with zero attached hydrogens (tertiary/aromatic N) is 2. The van der Waals surface area contributed by atoms with Crippen LogP contribution in [0.25, 0.3) is 22.0 Å². The van der Waals surface area contributed by atoms with E-state index in [2.05, 4.69) is 10.2 Å². The molecule has 1 aliphatic rings. The molecule has 8 nitrogen and oxygen atoms in total. The number of carboxylic acid groups (broad SMARTS) is 1. The third-order valence-electron chi connectivity index (χ3n) is 5.57. The number of alkyl halides is 3. The van der Waals surface area contributed by atoms with E-state index in [1.165, 1.54) is 0 Å². The lowest BCUT2D eigenvalue weighted by atomic mass is 10.0. The van der Waals surface area contributed by atoms with Crippen LogP contribution in [0.3, 0.4) is 0 Å². The minimum Gasteiger partial charge on any atom is -0.475 e. The molecule has 2 heterocycles. The molecule has 3 aromatic carbocycles. The van der Waals surface area contributed by atoms with Crippen molar-refractivity contribution in [3.8, 4) is 11.3 Å². The Kier molecular flexibility index (Phi) is 7.23. The molecule has 1 aliphatic heterocycles. The summed E-state index contributed by atoms with van der Waals surface area (Å²) in [6.07, 6.45) is -4.91. The van der Waals surface area contributed by atoms with E-state index in [1.54, 1.807) is 11.0 Å². The zero-order chi connectivity index (χ0) is 26.6. The Morgan fingerprint density at radius 3 is 2.19 bits per heavy atom. The zero-order valence-electron chi connectivity index (χ0n) is 19.1. The number of rotatable bonds is 4. The number of halogens is 3. The van der Waals surface area contributed by atoms with Crippen LogP contribution in [0.2, 0.25) is 0 Å². The van der Waals surface area contributed by atoms with Gasteiger partial charge in [-0.2, -0.15) is 18.3 Å². The van der Waals surface area contributed by atoms with E-state index >= 15 is 0 Å². The summed E-state index contributed by atoms with van der Waals surface area (Å²) in [5.41, 5.74) is 3.26. The number of aromatic amines is 1. The van der Waals surface area contributed by atoms with E-state index in [1.807, 2.05) is 72.8 Å². The fourth-order valence-corrected chi connectivity index (χ4v) is 3.85. The number of fused-ring (bicyclic) bond motifs is 1. The number of carbonyl (C=O) groups is 2. The molecule has 1 amide bonds. The van der Waals surface area contributed by atoms with Crippen LogP contribution in [0.5, 0.6) is 0 Å². The smallest absolute Gasteiger partial charge is 0.475 e. The van der Waals surface area contributed by atoms with Crippen molar-refractivity contribution in [3.05, 3.63) is 94.8 Å². The number of aliphatic carboxylic acids is 1. The first-order valence-electron chi connectivity index (χ1n) is 11.0. The first-order chi connectivity index (χ1) is 17.6. The number of nitrogens with one attached hydrogen (secondary N) is 1. The van der Waals surface area contributed by atoms with Crippen molar-refractivity contribution in [2.24, 2.45) is 0 Å². The number of amides is 1. The zero-order valence-corrected chi connectivity index (χ0v) is 19.1. The second-order valence-corrected chi connectivity index (χ2v) is 8.10. The van der Waals surface area contributed by atoms with Crippen LogP contribution in [0.1, 0.15) is 5.56 Å². The van der Waals surface area contributed by atoms with Crippen LogP contribution < -0.4 is 10.5 Å². The molecule has 37 heavy (non-hydrogen) atoms. The van der Waals surface area contributed by atoms with E-state index < -0.39 is 12.1 Å². The van der Waals surface area contributed by atoms with Gasteiger partial charge in [-0.1, -0.05) is 60.7 Å². The van der Waals surface area contributed by atoms with Gasteiger partial charge in [0.15, 0.2) is 0 Å². The molecule has 0 spiro atoms. The Morgan fingerprint density at radius 1 is 0.973 bits per heavy atom. The van der Waals surface area contributed by atoms with Crippen LogP contribution in [0.4, 0.5) is 23.7 Å². The van der Waals surface area contributed by atoms with Gasteiger partial charge in [0.05, 0.1) is 17.6 Å². The summed E-state index contributed by atoms with van der Waals surface area (Å²) in [6.45, 7) is 0.507. The van der Waals surface area contributed by atoms with E-state index in [0.717, 1.165) is 22.2 Å². The van der Waals surface area contributed by atoms with Crippen LogP contribution >= 0.6 is 0 Å². The largest absolute Gasteiger partial charge is 0.490 e. The molecular weight excluding hydrogens is 491 g/mol. The molecular formula is C26H20F3N3O5. The molecule has 0 radical (unpaired) electrons. The van der Waals surface area contributed by atoms with Crippen LogP contribution in [-0.2, 0) is 16.0 Å². The molecule has 1 aromatic heterocycles. The summed E-state index contributed by atoms with van der Waals surface area (Å²) in [7, 11) is 0. The lowest BCUT2D eigenvalue weighted by Crippen LogP contribution is -2.24.